The second-order valence-corrected chi connectivity index (χ2v) is 6.20. The predicted molar refractivity (Wildman–Crippen MR) is 68.5 cm³/mol. The highest BCUT2D eigenvalue weighted by Gasteiger charge is 2.21. The molecule has 1 aromatic carbocycles. The molecule has 0 bridgehead atoms. The Morgan fingerprint density at radius 3 is 2.61 bits per heavy atom. The fourth-order valence-electron chi connectivity index (χ4n) is 1.66. The van der Waals surface area contributed by atoms with Crippen molar-refractivity contribution in [3.05, 3.63) is 54.0 Å². The summed E-state index contributed by atoms with van der Waals surface area (Å²) in [5, 5.41) is 0. The van der Waals surface area contributed by atoms with Crippen LogP contribution in [-0.2, 0) is 16.6 Å². The average molecular weight is 265 g/mol. The van der Waals surface area contributed by atoms with E-state index in [4.69, 9.17) is 4.42 Å². The highest BCUT2D eigenvalue weighted by molar-refractivity contribution is 7.89. The Morgan fingerprint density at radius 1 is 1.22 bits per heavy atom. The van der Waals surface area contributed by atoms with E-state index in [1.807, 2.05) is 13.0 Å². The molecule has 2 aromatic rings. The van der Waals surface area contributed by atoms with Crippen molar-refractivity contribution in [2.45, 2.75) is 18.4 Å². The molecule has 0 fully saturated rings. The van der Waals surface area contributed by atoms with Gasteiger partial charge in [0, 0.05) is 7.05 Å². The molecule has 0 saturated carbocycles. The van der Waals surface area contributed by atoms with Crippen LogP contribution in [0.5, 0.6) is 0 Å². The third-order valence-corrected chi connectivity index (χ3v) is 4.46. The fraction of sp³-hybridized carbons (Fsp3) is 0.231. The van der Waals surface area contributed by atoms with Crippen LogP contribution < -0.4 is 0 Å². The molecule has 0 spiro atoms. The Morgan fingerprint density at radius 2 is 2.00 bits per heavy atom. The first-order valence-electron chi connectivity index (χ1n) is 5.55. The molecule has 0 aliphatic rings. The smallest absolute Gasteiger partial charge is 0.243 e. The van der Waals surface area contributed by atoms with Crippen molar-refractivity contribution in [2.75, 3.05) is 7.05 Å². The van der Waals surface area contributed by atoms with E-state index in [9.17, 15) is 8.42 Å². The van der Waals surface area contributed by atoms with Crippen molar-refractivity contribution in [1.82, 2.24) is 4.31 Å². The van der Waals surface area contributed by atoms with E-state index < -0.39 is 10.0 Å². The van der Waals surface area contributed by atoms with Crippen LogP contribution in [0.1, 0.15) is 11.3 Å². The summed E-state index contributed by atoms with van der Waals surface area (Å²) in [7, 11) is -1.92. The molecule has 1 heterocycles. The molecular weight excluding hydrogens is 250 g/mol. The Hall–Kier alpha value is -1.59. The molecule has 18 heavy (non-hydrogen) atoms. The number of nitrogens with zero attached hydrogens (tertiary/aromatic N) is 1. The van der Waals surface area contributed by atoms with E-state index in [0.29, 0.717) is 10.7 Å². The molecule has 5 heteroatoms. The highest BCUT2D eigenvalue weighted by atomic mass is 32.2. The number of aryl methyl sites for hydroxylation is 1. The van der Waals surface area contributed by atoms with E-state index in [1.165, 1.54) is 10.6 Å². The SMILES string of the molecule is Cc1cccc(S(=O)(=O)N(C)Cc2ccco2)c1. The summed E-state index contributed by atoms with van der Waals surface area (Å²) < 4.78 is 31.0. The van der Waals surface area contributed by atoms with Gasteiger partial charge in [-0.2, -0.15) is 4.31 Å². The van der Waals surface area contributed by atoms with Crippen LogP contribution in [0, 0.1) is 6.92 Å². The van der Waals surface area contributed by atoms with Crippen molar-refractivity contribution >= 4 is 10.0 Å². The van der Waals surface area contributed by atoms with Crippen molar-refractivity contribution in [1.29, 1.82) is 0 Å². The lowest BCUT2D eigenvalue weighted by Crippen LogP contribution is -2.26. The summed E-state index contributed by atoms with van der Waals surface area (Å²) in [6.45, 7) is 2.09. The van der Waals surface area contributed by atoms with Gasteiger partial charge in [0.05, 0.1) is 17.7 Å². The third-order valence-electron chi connectivity index (χ3n) is 2.66. The van der Waals surface area contributed by atoms with Crippen molar-refractivity contribution in [3.8, 4) is 0 Å². The largest absolute Gasteiger partial charge is 0.468 e. The summed E-state index contributed by atoms with van der Waals surface area (Å²) in [5.41, 5.74) is 0.919. The Labute approximate surface area is 107 Å². The maximum absolute atomic E-state index is 12.3. The first-order valence-corrected chi connectivity index (χ1v) is 6.99. The fourth-order valence-corrected chi connectivity index (χ4v) is 2.91. The molecule has 4 nitrogen and oxygen atoms in total. The summed E-state index contributed by atoms with van der Waals surface area (Å²) in [5.74, 6) is 0.619. The molecule has 0 atom stereocenters. The van der Waals surface area contributed by atoms with E-state index in [2.05, 4.69) is 0 Å². The number of rotatable bonds is 4. The van der Waals surface area contributed by atoms with Crippen LogP contribution in [0.15, 0.2) is 52.0 Å². The minimum atomic E-state index is -3.46. The zero-order valence-electron chi connectivity index (χ0n) is 10.3. The standard InChI is InChI=1S/C13H15NO3S/c1-11-5-3-7-13(9-11)18(15,16)14(2)10-12-6-4-8-17-12/h3-9H,10H2,1-2H3. The van der Waals surface area contributed by atoms with Gasteiger partial charge in [-0.1, -0.05) is 12.1 Å². The molecule has 0 aliphatic carbocycles. The summed E-state index contributed by atoms with van der Waals surface area (Å²) >= 11 is 0. The molecule has 0 unspecified atom stereocenters. The van der Waals surface area contributed by atoms with Crippen LogP contribution in [0.2, 0.25) is 0 Å². The Bertz CT molecular complexity index is 617. The predicted octanol–water partition coefficient (Wildman–Crippen LogP) is 2.41. The highest BCUT2D eigenvalue weighted by Crippen LogP contribution is 2.17. The van der Waals surface area contributed by atoms with E-state index in [0.717, 1.165) is 5.56 Å². The van der Waals surface area contributed by atoms with Gasteiger partial charge in [0.1, 0.15) is 5.76 Å². The maximum atomic E-state index is 12.3. The van der Waals surface area contributed by atoms with Gasteiger partial charge in [-0.15, -0.1) is 0 Å². The lowest BCUT2D eigenvalue weighted by molar-refractivity contribution is 0.406. The van der Waals surface area contributed by atoms with Crippen LogP contribution in [0.3, 0.4) is 0 Å². The Balaban J connectivity index is 2.25. The van der Waals surface area contributed by atoms with Crippen LogP contribution >= 0.6 is 0 Å². The third kappa shape index (κ3) is 2.63. The summed E-state index contributed by atoms with van der Waals surface area (Å²) in [4.78, 5) is 0.302. The second-order valence-electron chi connectivity index (χ2n) is 4.16. The molecular formula is C13H15NO3S. The van der Waals surface area contributed by atoms with E-state index >= 15 is 0 Å². The molecule has 0 amide bonds. The number of hydrogen-bond acceptors (Lipinski definition) is 3. The van der Waals surface area contributed by atoms with Gasteiger partial charge in [0.15, 0.2) is 0 Å². The minimum absolute atomic E-state index is 0.225. The van der Waals surface area contributed by atoms with Crippen LogP contribution in [0.25, 0.3) is 0 Å². The molecule has 2 rings (SSSR count). The average Bonchev–Trinajstić information content (AvgIpc) is 2.81. The van der Waals surface area contributed by atoms with E-state index in [-0.39, 0.29) is 6.54 Å². The van der Waals surface area contributed by atoms with E-state index in [1.54, 1.807) is 37.4 Å². The normalized spacial score (nSPS) is 11.9. The minimum Gasteiger partial charge on any atom is -0.468 e. The van der Waals surface area contributed by atoms with Gasteiger partial charge in [0.2, 0.25) is 10.0 Å². The molecule has 96 valence electrons. The van der Waals surface area contributed by atoms with Gasteiger partial charge in [0.25, 0.3) is 0 Å². The first kappa shape index (κ1) is 12.9. The van der Waals surface area contributed by atoms with Gasteiger partial charge in [-0.25, -0.2) is 8.42 Å². The summed E-state index contributed by atoms with van der Waals surface area (Å²) in [6, 6.07) is 10.4. The molecule has 0 N–H and O–H groups in total. The quantitative estimate of drug-likeness (QED) is 0.853. The molecule has 0 aliphatic heterocycles. The second kappa shape index (κ2) is 4.96. The monoisotopic (exact) mass is 265 g/mol. The zero-order chi connectivity index (χ0) is 13.2. The number of sulfonamides is 1. The number of furan rings is 1. The van der Waals surface area contributed by atoms with Gasteiger partial charge in [-0.05, 0) is 36.8 Å². The number of hydrogen-bond donors (Lipinski definition) is 0. The van der Waals surface area contributed by atoms with Gasteiger partial charge < -0.3 is 4.42 Å². The van der Waals surface area contributed by atoms with Crippen molar-refractivity contribution < 1.29 is 12.8 Å². The molecule has 0 radical (unpaired) electrons. The van der Waals surface area contributed by atoms with Gasteiger partial charge >= 0.3 is 0 Å². The van der Waals surface area contributed by atoms with Crippen molar-refractivity contribution in [3.63, 3.8) is 0 Å². The lowest BCUT2D eigenvalue weighted by Gasteiger charge is -2.16. The van der Waals surface area contributed by atoms with Gasteiger partial charge in [-0.3, -0.25) is 0 Å². The summed E-state index contributed by atoms with van der Waals surface area (Å²) in [6.07, 6.45) is 1.53. The number of benzene rings is 1. The van der Waals surface area contributed by atoms with Crippen molar-refractivity contribution in [2.24, 2.45) is 0 Å². The lowest BCUT2D eigenvalue weighted by atomic mass is 10.2. The maximum Gasteiger partial charge on any atom is 0.243 e. The topological polar surface area (TPSA) is 50.5 Å². The van der Waals surface area contributed by atoms with Crippen LogP contribution in [-0.4, -0.2) is 19.8 Å². The molecule has 0 saturated heterocycles. The Kier molecular flexibility index (Phi) is 3.54. The molecule has 1 aromatic heterocycles. The zero-order valence-corrected chi connectivity index (χ0v) is 11.1. The first-order chi connectivity index (χ1) is 8.50. The van der Waals surface area contributed by atoms with Crippen LogP contribution in [0.4, 0.5) is 0 Å².